The van der Waals surface area contributed by atoms with Crippen molar-refractivity contribution in [1.29, 1.82) is 0 Å². The quantitative estimate of drug-likeness (QED) is 0.616. The summed E-state index contributed by atoms with van der Waals surface area (Å²) in [5.74, 6) is -0.224. The van der Waals surface area contributed by atoms with Gasteiger partial charge in [0, 0.05) is 6.04 Å². The number of hydrogen-bond donors (Lipinski definition) is 1. The molecule has 0 aromatic rings. The molecule has 66 valence electrons. The molecule has 2 unspecified atom stereocenters. The zero-order valence-corrected chi connectivity index (χ0v) is 7.68. The van der Waals surface area contributed by atoms with E-state index in [1.54, 1.807) is 0 Å². The standard InChI is InChI=1S/C8H17NO2/c1-5-9-7(3)6(2)8(10)11-4/h6-7,9H,5H2,1-4H3. The van der Waals surface area contributed by atoms with Gasteiger partial charge in [-0.15, -0.1) is 0 Å². The number of methoxy groups -OCH3 is 1. The maximum atomic E-state index is 11.0. The Kier molecular flexibility index (Phi) is 4.86. The maximum Gasteiger partial charge on any atom is 0.309 e. The van der Waals surface area contributed by atoms with Crippen LogP contribution in [0, 0.1) is 5.92 Å². The second-order valence-electron chi connectivity index (χ2n) is 2.66. The second-order valence-corrected chi connectivity index (χ2v) is 2.66. The lowest BCUT2D eigenvalue weighted by molar-refractivity contribution is -0.145. The molecule has 0 aliphatic heterocycles. The Hall–Kier alpha value is -0.570. The molecule has 0 aromatic heterocycles. The van der Waals surface area contributed by atoms with Crippen molar-refractivity contribution in [3.8, 4) is 0 Å². The lowest BCUT2D eigenvalue weighted by atomic mass is 10.0. The van der Waals surface area contributed by atoms with E-state index in [1.165, 1.54) is 7.11 Å². The molecule has 0 radical (unpaired) electrons. The summed E-state index contributed by atoms with van der Waals surface area (Å²) in [6.07, 6.45) is 0. The van der Waals surface area contributed by atoms with E-state index in [0.29, 0.717) is 0 Å². The van der Waals surface area contributed by atoms with E-state index in [-0.39, 0.29) is 17.9 Å². The molecule has 2 atom stereocenters. The Morgan fingerprint density at radius 1 is 1.55 bits per heavy atom. The average molecular weight is 159 g/mol. The van der Waals surface area contributed by atoms with E-state index in [0.717, 1.165) is 6.54 Å². The first kappa shape index (κ1) is 10.4. The summed E-state index contributed by atoms with van der Waals surface area (Å²) >= 11 is 0. The zero-order valence-electron chi connectivity index (χ0n) is 7.68. The van der Waals surface area contributed by atoms with Gasteiger partial charge in [0.05, 0.1) is 13.0 Å². The first-order valence-electron chi connectivity index (χ1n) is 3.94. The van der Waals surface area contributed by atoms with Gasteiger partial charge in [0.1, 0.15) is 0 Å². The van der Waals surface area contributed by atoms with E-state index >= 15 is 0 Å². The van der Waals surface area contributed by atoms with Crippen LogP contribution in [-0.4, -0.2) is 25.7 Å². The van der Waals surface area contributed by atoms with Gasteiger partial charge in [0.2, 0.25) is 0 Å². The third kappa shape index (κ3) is 3.37. The van der Waals surface area contributed by atoms with Crippen molar-refractivity contribution in [2.75, 3.05) is 13.7 Å². The highest BCUT2D eigenvalue weighted by Crippen LogP contribution is 2.03. The Morgan fingerprint density at radius 3 is 2.45 bits per heavy atom. The fraction of sp³-hybridized carbons (Fsp3) is 0.875. The van der Waals surface area contributed by atoms with Crippen LogP contribution in [0.15, 0.2) is 0 Å². The first-order chi connectivity index (χ1) is 5.13. The van der Waals surface area contributed by atoms with Gasteiger partial charge in [0.25, 0.3) is 0 Å². The van der Waals surface area contributed by atoms with E-state index in [4.69, 9.17) is 0 Å². The van der Waals surface area contributed by atoms with Crippen molar-refractivity contribution in [3.05, 3.63) is 0 Å². The maximum absolute atomic E-state index is 11.0. The number of ether oxygens (including phenoxy) is 1. The molecule has 0 saturated carbocycles. The normalized spacial score (nSPS) is 15.6. The van der Waals surface area contributed by atoms with Gasteiger partial charge in [-0.2, -0.15) is 0 Å². The highest BCUT2D eigenvalue weighted by molar-refractivity contribution is 5.72. The summed E-state index contributed by atoms with van der Waals surface area (Å²) < 4.78 is 4.60. The Bertz CT molecular complexity index is 125. The highest BCUT2D eigenvalue weighted by atomic mass is 16.5. The lowest BCUT2D eigenvalue weighted by Gasteiger charge is -2.17. The van der Waals surface area contributed by atoms with E-state index in [1.807, 2.05) is 20.8 Å². The molecule has 0 amide bonds. The van der Waals surface area contributed by atoms with Gasteiger partial charge in [-0.25, -0.2) is 0 Å². The van der Waals surface area contributed by atoms with Gasteiger partial charge < -0.3 is 10.1 Å². The number of esters is 1. The number of nitrogens with one attached hydrogen (secondary N) is 1. The minimum atomic E-state index is -0.154. The highest BCUT2D eigenvalue weighted by Gasteiger charge is 2.19. The zero-order chi connectivity index (χ0) is 8.85. The summed E-state index contributed by atoms with van der Waals surface area (Å²) in [7, 11) is 1.41. The summed E-state index contributed by atoms with van der Waals surface area (Å²) in [4.78, 5) is 11.0. The topological polar surface area (TPSA) is 38.3 Å². The van der Waals surface area contributed by atoms with Gasteiger partial charge in [-0.1, -0.05) is 13.8 Å². The molecule has 0 saturated heterocycles. The molecule has 0 rings (SSSR count). The molecular weight excluding hydrogens is 142 g/mol. The summed E-state index contributed by atoms with van der Waals surface area (Å²) in [6.45, 7) is 6.73. The van der Waals surface area contributed by atoms with Crippen molar-refractivity contribution in [3.63, 3.8) is 0 Å². The second kappa shape index (κ2) is 5.13. The van der Waals surface area contributed by atoms with Crippen LogP contribution in [0.25, 0.3) is 0 Å². The van der Waals surface area contributed by atoms with E-state index < -0.39 is 0 Å². The lowest BCUT2D eigenvalue weighted by Crippen LogP contribution is -2.36. The van der Waals surface area contributed by atoms with Gasteiger partial charge in [-0.3, -0.25) is 4.79 Å². The summed E-state index contributed by atoms with van der Waals surface area (Å²) in [5.41, 5.74) is 0. The largest absolute Gasteiger partial charge is 0.469 e. The molecule has 0 bridgehead atoms. The molecule has 0 aliphatic rings. The predicted octanol–water partition coefficient (Wildman–Crippen LogP) is 0.793. The smallest absolute Gasteiger partial charge is 0.309 e. The van der Waals surface area contributed by atoms with Gasteiger partial charge in [0.15, 0.2) is 0 Å². The minimum Gasteiger partial charge on any atom is -0.469 e. The first-order valence-corrected chi connectivity index (χ1v) is 3.94. The number of hydrogen-bond acceptors (Lipinski definition) is 3. The Labute approximate surface area is 68.1 Å². The third-order valence-corrected chi connectivity index (χ3v) is 1.85. The third-order valence-electron chi connectivity index (χ3n) is 1.85. The van der Waals surface area contributed by atoms with Crippen LogP contribution in [0.2, 0.25) is 0 Å². The van der Waals surface area contributed by atoms with Crippen molar-refractivity contribution in [1.82, 2.24) is 5.32 Å². The van der Waals surface area contributed by atoms with Crippen LogP contribution < -0.4 is 5.32 Å². The van der Waals surface area contributed by atoms with Crippen LogP contribution in [0.5, 0.6) is 0 Å². The minimum absolute atomic E-state index is 0.0695. The molecule has 1 N–H and O–H groups in total. The Balaban J connectivity index is 3.80. The van der Waals surface area contributed by atoms with Crippen molar-refractivity contribution in [2.24, 2.45) is 5.92 Å². The molecule has 3 heteroatoms. The van der Waals surface area contributed by atoms with Gasteiger partial charge in [-0.05, 0) is 13.5 Å². The van der Waals surface area contributed by atoms with E-state index in [9.17, 15) is 4.79 Å². The fourth-order valence-electron chi connectivity index (χ4n) is 0.889. The number of carbonyl (C=O) groups excluding carboxylic acids is 1. The average Bonchev–Trinajstić information content (AvgIpc) is 2.02. The molecule has 0 heterocycles. The van der Waals surface area contributed by atoms with Gasteiger partial charge >= 0.3 is 5.97 Å². The Morgan fingerprint density at radius 2 is 2.09 bits per heavy atom. The van der Waals surface area contributed by atoms with E-state index in [2.05, 4.69) is 10.1 Å². The molecule has 0 spiro atoms. The molecule has 11 heavy (non-hydrogen) atoms. The monoisotopic (exact) mass is 159 g/mol. The number of carbonyl (C=O) groups is 1. The van der Waals surface area contributed by atoms with Crippen molar-refractivity contribution < 1.29 is 9.53 Å². The predicted molar refractivity (Wildman–Crippen MR) is 44.3 cm³/mol. The fourth-order valence-corrected chi connectivity index (χ4v) is 0.889. The SMILES string of the molecule is CCNC(C)C(C)C(=O)OC. The van der Waals surface area contributed by atoms with Crippen LogP contribution in [0.4, 0.5) is 0 Å². The number of rotatable bonds is 4. The van der Waals surface area contributed by atoms with Crippen LogP contribution in [0.1, 0.15) is 20.8 Å². The van der Waals surface area contributed by atoms with Crippen molar-refractivity contribution in [2.45, 2.75) is 26.8 Å². The molecule has 3 nitrogen and oxygen atoms in total. The molecular formula is C8H17NO2. The molecule has 0 aromatic carbocycles. The molecule has 0 aliphatic carbocycles. The molecule has 0 fully saturated rings. The summed E-state index contributed by atoms with van der Waals surface area (Å²) in [6, 6.07) is 0.187. The summed E-state index contributed by atoms with van der Waals surface area (Å²) in [5, 5.41) is 3.16. The van der Waals surface area contributed by atoms with Crippen LogP contribution in [-0.2, 0) is 9.53 Å². The van der Waals surface area contributed by atoms with Crippen LogP contribution in [0.3, 0.4) is 0 Å². The van der Waals surface area contributed by atoms with Crippen LogP contribution >= 0.6 is 0 Å². The van der Waals surface area contributed by atoms with Crippen molar-refractivity contribution >= 4 is 5.97 Å².